The van der Waals surface area contributed by atoms with Crippen LogP contribution < -0.4 is 5.73 Å². The molecule has 15 heavy (non-hydrogen) atoms. The zero-order valence-electron chi connectivity index (χ0n) is 8.19. The molecule has 0 bridgehead atoms. The summed E-state index contributed by atoms with van der Waals surface area (Å²) < 4.78 is 36.7. The molecule has 0 aromatic carbocycles. The van der Waals surface area contributed by atoms with Crippen LogP contribution in [0, 0.1) is 6.92 Å². The monoisotopic (exact) mass is 239 g/mol. The van der Waals surface area contributed by atoms with Crippen LogP contribution in [0.3, 0.4) is 0 Å². The highest BCUT2D eigenvalue weighted by Gasteiger charge is 2.35. The molecule has 0 spiro atoms. The standard InChI is InChI=1S/C8H12F3N3S/c1-5-6(4-15-3-2-12)14-7(13-5)8(9,10)11/h2-4,12H2,1H3,(H,13,14). The molecule has 0 amide bonds. The SMILES string of the molecule is Cc1[nH]c(C(F)(F)F)nc1CSCCN. The maximum atomic E-state index is 12.2. The van der Waals surface area contributed by atoms with Gasteiger partial charge in [-0.15, -0.1) is 0 Å². The van der Waals surface area contributed by atoms with Gasteiger partial charge in [0.1, 0.15) is 0 Å². The fourth-order valence-electron chi connectivity index (χ4n) is 1.02. The second-order valence-corrected chi connectivity index (χ2v) is 4.10. The van der Waals surface area contributed by atoms with Crippen molar-refractivity contribution in [3.63, 3.8) is 0 Å². The first-order chi connectivity index (χ1) is 6.95. The Bertz CT molecular complexity index is 321. The number of hydrogen-bond donors (Lipinski definition) is 2. The molecule has 0 aliphatic heterocycles. The maximum absolute atomic E-state index is 12.2. The molecule has 0 saturated heterocycles. The van der Waals surface area contributed by atoms with E-state index in [1.165, 1.54) is 11.8 Å². The van der Waals surface area contributed by atoms with Gasteiger partial charge in [-0.2, -0.15) is 24.9 Å². The summed E-state index contributed by atoms with van der Waals surface area (Å²) in [6, 6.07) is 0. The second-order valence-electron chi connectivity index (χ2n) is 3.00. The molecule has 3 N–H and O–H groups in total. The van der Waals surface area contributed by atoms with Crippen molar-refractivity contribution in [2.75, 3.05) is 12.3 Å². The minimum atomic E-state index is -4.40. The molecule has 3 nitrogen and oxygen atoms in total. The van der Waals surface area contributed by atoms with Crippen LogP contribution in [0.15, 0.2) is 0 Å². The first-order valence-corrected chi connectivity index (χ1v) is 5.51. The molecule has 1 aromatic heterocycles. The lowest BCUT2D eigenvalue weighted by molar-refractivity contribution is -0.144. The predicted octanol–water partition coefficient (Wildman–Crippen LogP) is 1.93. The van der Waals surface area contributed by atoms with Crippen LogP contribution in [-0.2, 0) is 11.9 Å². The van der Waals surface area contributed by atoms with Gasteiger partial charge in [0.05, 0.1) is 5.69 Å². The van der Waals surface area contributed by atoms with Crippen LogP contribution in [0.2, 0.25) is 0 Å². The number of nitrogens with one attached hydrogen (secondary N) is 1. The maximum Gasteiger partial charge on any atom is 0.449 e. The molecule has 0 radical (unpaired) electrons. The van der Waals surface area contributed by atoms with Crippen molar-refractivity contribution >= 4 is 11.8 Å². The Morgan fingerprint density at radius 2 is 2.13 bits per heavy atom. The number of H-pyrrole nitrogens is 1. The largest absolute Gasteiger partial charge is 0.449 e. The molecule has 0 atom stereocenters. The van der Waals surface area contributed by atoms with E-state index in [0.717, 1.165) is 0 Å². The molecular formula is C8H12F3N3S. The van der Waals surface area contributed by atoms with Crippen molar-refractivity contribution in [1.82, 2.24) is 9.97 Å². The van der Waals surface area contributed by atoms with Gasteiger partial charge in [-0.1, -0.05) is 0 Å². The van der Waals surface area contributed by atoms with E-state index < -0.39 is 12.0 Å². The molecule has 0 fully saturated rings. The zero-order valence-corrected chi connectivity index (χ0v) is 9.00. The lowest BCUT2D eigenvalue weighted by Crippen LogP contribution is -2.07. The van der Waals surface area contributed by atoms with Crippen molar-refractivity contribution in [1.29, 1.82) is 0 Å². The third-order valence-electron chi connectivity index (χ3n) is 1.76. The van der Waals surface area contributed by atoms with E-state index in [1.807, 2.05) is 0 Å². The molecule has 1 heterocycles. The number of alkyl halides is 3. The van der Waals surface area contributed by atoms with Gasteiger partial charge < -0.3 is 10.7 Å². The second kappa shape index (κ2) is 4.89. The highest BCUT2D eigenvalue weighted by molar-refractivity contribution is 7.98. The van der Waals surface area contributed by atoms with Crippen LogP contribution in [0.5, 0.6) is 0 Å². The predicted molar refractivity (Wildman–Crippen MR) is 53.5 cm³/mol. The number of aryl methyl sites for hydroxylation is 1. The molecule has 0 unspecified atom stereocenters. The van der Waals surface area contributed by atoms with Crippen LogP contribution in [-0.4, -0.2) is 22.3 Å². The average molecular weight is 239 g/mol. The van der Waals surface area contributed by atoms with Gasteiger partial charge in [0.15, 0.2) is 0 Å². The van der Waals surface area contributed by atoms with Crippen LogP contribution in [0.4, 0.5) is 13.2 Å². The Hall–Kier alpha value is -0.690. The summed E-state index contributed by atoms with van der Waals surface area (Å²) >= 11 is 1.47. The number of nitrogens with zero attached hydrogens (tertiary/aromatic N) is 1. The first-order valence-electron chi connectivity index (χ1n) is 4.35. The summed E-state index contributed by atoms with van der Waals surface area (Å²) in [7, 11) is 0. The van der Waals surface area contributed by atoms with Gasteiger partial charge >= 0.3 is 6.18 Å². The summed E-state index contributed by atoms with van der Waals surface area (Å²) in [6.45, 7) is 2.10. The van der Waals surface area contributed by atoms with E-state index >= 15 is 0 Å². The Labute approximate surface area is 89.6 Å². The molecule has 1 rings (SSSR count). The number of imidazole rings is 1. The van der Waals surface area contributed by atoms with Crippen LogP contribution >= 0.6 is 11.8 Å². The minimum Gasteiger partial charge on any atom is -0.338 e. The van der Waals surface area contributed by atoms with E-state index in [-0.39, 0.29) is 0 Å². The van der Waals surface area contributed by atoms with E-state index in [1.54, 1.807) is 6.92 Å². The first kappa shape index (κ1) is 12.4. The van der Waals surface area contributed by atoms with Gasteiger partial charge in [0.25, 0.3) is 0 Å². The number of halogens is 3. The Morgan fingerprint density at radius 1 is 1.47 bits per heavy atom. The lowest BCUT2D eigenvalue weighted by Gasteiger charge is -1.99. The highest BCUT2D eigenvalue weighted by Crippen LogP contribution is 2.28. The third kappa shape index (κ3) is 3.42. The Balaban J connectivity index is 2.69. The Morgan fingerprint density at radius 3 is 2.60 bits per heavy atom. The van der Waals surface area contributed by atoms with Crippen LogP contribution in [0.25, 0.3) is 0 Å². The number of hydrogen-bond acceptors (Lipinski definition) is 3. The molecule has 0 saturated carbocycles. The van der Waals surface area contributed by atoms with E-state index in [2.05, 4.69) is 9.97 Å². The van der Waals surface area contributed by atoms with Gasteiger partial charge in [-0.25, -0.2) is 4.98 Å². The fraction of sp³-hybridized carbons (Fsp3) is 0.625. The van der Waals surface area contributed by atoms with Crippen molar-refractivity contribution < 1.29 is 13.2 Å². The summed E-state index contributed by atoms with van der Waals surface area (Å²) in [4.78, 5) is 5.74. The van der Waals surface area contributed by atoms with Crippen molar-refractivity contribution in [3.8, 4) is 0 Å². The van der Waals surface area contributed by atoms with Gasteiger partial charge in [0, 0.05) is 23.7 Å². The van der Waals surface area contributed by atoms with Gasteiger partial charge in [-0.3, -0.25) is 0 Å². The minimum absolute atomic E-state index is 0.445. The normalized spacial score (nSPS) is 12.1. The summed E-state index contributed by atoms with van der Waals surface area (Å²) in [6.07, 6.45) is -4.40. The smallest absolute Gasteiger partial charge is 0.338 e. The molecule has 0 aliphatic rings. The number of rotatable bonds is 4. The quantitative estimate of drug-likeness (QED) is 0.789. The topological polar surface area (TPSA) is 54.7 Å². The van der Waals surface area contributed by atoms with Crippen molar-refractivity contribution in [2.24, 2.45) is 5.73 Å². The lowest BCUT2D eigenvalue weighted by atomic mass is 10.4. The van der Waals surface area contributed by atoms with E-state index in [4.69, 9.17) is 5.73 Å². The fourth-order valence-corrected chi connectivity index (χ4v) is 1.81. The van der Waals surface area contributed by atoms with Crippen LogP contribution in [0.1, 0.15) is 17.2 Å². The number of aromatic amines is 1. The molecular weight excluding hydrogens is 227 g/mol. The molecule has 1 aromatic rings. The number of nitrogens with two attached hydrogens (primary N) is 1. The van der Waals surface area contributed by atoms with Crippen molar-refractivity contribution in [2.45, 2.75) is 18.9 Å². The summed E-state index contributed by atoms with van der Waals surface area (Å²) in [5, 5.41) is 0. The average Bonchev–Trinajstić information content (AvgIpc) is 2.48. The molecule has 0 aliphatic carbocycles. The number of thioether (sulfide) groups is 1. The van der Waals surface area contributed by atoms with E-state index in [0.29, 0.717) is 29.4 Å². The Kier molecular flexibility index (Phi) is 4.04. The summed E-state index contributed by atoms with van der Waals surface area (Å²) in [5.74, 6) is 0.242. The molecule has 7 heteroatoms. The van der Waals surface area contributed by atoms with Gasteiger partial charge in [0.2, 0.25) is 5.82 Å². The third-order valence-corrected chi connectivity index (χ3v) is 2.76. The van der Waals surface area contributed by atoms with E-state index in [9.17, 15) is 13.2 Å². The number of aromatic nitrogens is 2. The van der Waals surface area contributed by atoms with Gasteiger partial charge in [-0.05, 0) is 6.92 Å². The molecule has 86 valence electrons. The summed E-state index contributed by atoms with van der Waals surface area (Å²) in [5.41, 5.74) is 6.19. The van der Waals surface area contributed by atoms with Crippen molar-refractivity contribution in [3.05, 3.63) is 17.2 Å². The highest BCUT2D eigenvalue weighted by atomic mass is 32.2. The zero-order chi connectivity index (χ0) is 11.5.